The number of nitrogens with zero attached hydrogens (tertiary/aromatic N) is 2. The molecule has 1 heterocycles. The molecule has 1 atom stereocenters. The predicted molar refractivity (Wildman–Crippen MR) is 80.3 cm³/mol. The van der Waals surface area contributed by atoms with Crippen LogP contribution in [0.2, 0.25) is 0 Å². The third-order valence-electron chi connectivity index (χ3n) is 3.60. The minimum absolute atomic E-state index is 0.0348. The number of anilines is 1. The summed E-state index contributed by atoms with van der Waals surface area (Å²) >= 11 is 0. The lowest BCUT2D eigenvalue weighted by Crippen LogP contribution is -2.52. The lowest BCUT2D eigenvalue weighted by atomic mass is 10.1. The number of amides is 2. The standard InChI is InChI=1S/C15H21N3O3/c1-11-4-6-13(7-5-11)18(10-14(19)20)15(21)17-8-2-3-12(16)9-17/h4-7,12H,2-3,8-10,16H2,1H3,(H,19,20). The van der Waals surface area contributed by atoms with E-state index in [0.717, 1.165) is 18.4 Å². The molecule has 21 heavy (non-hydrogen) atoms. The maximum atomic E-state index is 12.6. The minimum atomic E-state index is -1.04. The van der Waals surface area contributed by atoms with Crippen molar-refractivity contribution in [2.45, 2.75) is 25.8 Å². The summed E-state index contributed by atoms with van der Waals surface area (Å²) in [6.07, 6.45) is 1.74. The highest BCUT2D eigenvalue weighted by molar-refractivity contribution is 5.96. The van der Waals surface area contributed by atoms with Crippen LogP contribution >= 0.6 is 0 Å². The van der Waals surface area contributed by atoms with Gasteiger partial charge in [-0.3, -0.25) is 9.69 Å². The Morgan fingerprint density at radius 2 is 2.05 bits per heavy atom. The molecule has 0 aromatic heterocycles. The van der Waals surface area contributed by atoms with Gasteiger partial charge in [-0.2, -0.15) is 0 Å². The third-order valence-corrected chi connectivity index (χ3v) is 3.60. The van der Waals surface area contributed by atoms with Crippen molar-refractivity contribution in [2.24, 2.45) is 5.73 Å². The van der Waals surface area contributed by atoms with Gasteiger partial charge in [-0.15, -0.1) is 0 Å². The van der Waals surface area contributed by atoms with E-state index in [-0.39, 0.29) is 18.6 Å². The summed E-state index contributed by atoms with van der Waals surface area (Å²) in [5.74, 6) is -1.04. The van der Waals surface area contributed by atoms with Gasteiger partial charge in [-0.05, 0) is 31.9 Å². The van der Waals surface area contributed by atoms with Gasteiger partial charge in [0.25, 0.3) is 0 Å². The zero-order chi connectivity index (χ0) is 15.4. The monoisotopic (exact) mass is 291 g/mol. The van der Waals surface area contributed by atoms with E-state index in [1.165, 1.54) is 4.90 Å². The molecule has 1 fully saturated rings. The van der Waals surface area contributed by atoms with Gasteiger partial charge in [0, 0.05) is 24.8 Å². The van der Waals surface area contributed by atoms with Crippen LogP contribution in [0.4, 0.5) is 10.5 Å². The summed E-state index contributed by atoms with van der Waals surface area (Å²) in [4.78, 5) is 26.6. The molecule has 0 saturated carbocycles. The molecule has 114 valence electrons. The molecule has 1 aromatic rings. The number of aryl methyl sites for hydroxylation is 1. The summed E-state index contributed by atoms with van der Waals surface area (Å²) in [6.45, 7) is 2.68. The van der Waals surface area contributed by atoms with Gasteiger partial charge in [0.2, 0.25) is 0 Å². The first-order valence-corrected chi connectivity index (χ1v) is 7.08. The fourth-order valence-corrected chi connectivity index (χ4v) is 2.48. The van der Waals surface area contributed by atoms with E-state index in [2.05, 4.69) is 0 Å². The van der Waals surface area contributed by atoms with Gasteiger partial charge in [0.15, 0.2) is 0 Å². The van der Waals surface area contributed by atoms with Crippen LogP contribution < -0.4 is 10.6 Å². The summed E-state index contributed by atoms with van der Waals surface area (Å²) in [5, 5.41) is 9.06. The van der Waals surface area contributed by atoms with Crippen LogP contribution in [0, 0.1) is 6.92 Å². The molecule has 6 heteroatoms. The average molecular weight is 291 g/mol. The number of carboxylic acids is 1. The molecule has 0 bridgehead atoms. The highest BCUT2D eigenvalue weighted by Crippen LogP contribution is 2.19. The Morgan fingerprint density at radius 1 is 1.38 bits per heavy atom. The molecule has 3 N–H and O–H groups in total. The van der Waals surface area contributed by atoms with Gasteiger partial charge in [0.1, 0.15) is 6.54 Å². The zero-order valence-electron chi connectivity index (χ0n) is 12.2. The Labute approximate surface area is 124 Å². The van der Waals surface area contributed by atoms with Crippen molar-refractivity contribution in [2.75, 3.05) is 24.5 Å². The Morgan fingerprint density at radius 3 is 2.62 bits per heavy atom. The summed E-state index contributed by atoms with van der Waals surface area (Å²) in [7, 11) is 0. The fourth-order valence-electron chi connectivity index (χ4n) is 2.48. The second-order valence-electron chi connectivity index (χ2n) is 5.45. The number of hydrogen-bond acceptors (Lipinski definition) is 3. The van der Waals surface area contributed by atoms with Crippen molar-refractivity contribution in [3.8, 4) is 0 Å². The van der Waals surface area contributed by atoms with Crippen molar-refractivity contribution in [1.82, 2.24) is 4.90 Å². The van der Waals surface area contributed by atoms with Crippen LogP contribution in [-0.2, 0) is 4.79 Å². The number of piperidine rings is 1. The Kier molecular flexibility index (Phi) is 4.80. The number of aliphatic carboxylic acids is 1. The number of carbonyl (C=O) groups is 2. The van der Waals surface area contributed by atoms with Crippen molar-refractivity contribution >= 4 is 17.7 Å². The molecule has 0 aliphatic carbocycles. The van der Waals surface area contributed by atoms with Crippen LogP contribution in [0.15, 0.2) is 24.3 Å². The van der Waals surface area contributed by atoms with Crippen LogP contribution in [0.25, 0.3) is 0 Å². The van der Waals surface area contributed by atoms with Gasteiger partial charge in [-0.25, -0.2) is 4.79 Å². The number of rotatable bonds is 3. The van der Waals surface area contributed by atoms with E-state index in [4.69, 9.17) is 10.8 Å². The molecule has 2 rings (SSSR count). The molecular formula is C15H21N3O3. The molecule has 2 amide bonds. The number of carbonyl (C=O) groups excluding carboxylic acids is 1. The molecule has 0 spiro atoms. The lowest BCUT2D eigenvalue weighted by Gasteiger charge is -2.34. The van der Waals surface area contributed by atoms with E-state index in [0.29, 0.717) is 18.8 Å². The van der Waals surface area contributed by atoms with E-state index in [9.17, 15) is 9.59 Å². The summed E-state index contributed by atoms with van der Waals surface area (Å²) in [5.41, 5.74) is 7.54. The Balaban J connectivity index is 2.20. The largest absolute Gasteiger partial charge is 0.480 e. The zero-order valence-corrected chi connectivity index (χ0v) is 12.2. The molecule has 1 aromatic carbocycles. The number of likely N-dealkylation sites (tertiary alicyclic amines) is 1. The number of benzene rings is 1. The van der Waals surface area contributed by atoms with Gasteiger partial charge in [-0.1, -0.05) is 17.7 Å². The SMILES string of the molecule is Cc1ccc(N(CC(=O)O)C(=O)N2CCCC(N)C2)cc1. The highest BCUT2D eigenvalue weighted by Gasteiger charge is 2.27. The Hall–Kier alpha value is -2.08. The summed E-state index contributed by atoms with van der Waals surface area (Å²) < 4.78 is 0. The fraction of sp³-hybridized carbons (Fsp3) is 0.467. The highest BCUT2D eigenvalue weighted by atomic mass is 16.4. The maximum absolute atomic E-state index is 12.6. The first-order chi connectivity index (χ1) is 9.97. The van der Waals surface area contributed by atoms with Crippen LogP contribution in [-0.4, -0.2) is 47.7 Å². The van der Waals surface area contributed by atoms with E-state index < -0.39 is 5.97 Å². The van der Waals surface area contributed by atoms with Crippen molar-refractivity contribution < 1.29 is 14.7 Å². The third kappa shape index (κ3) is 3.95. The lowest BCUT2D eigenvalue weighted by molar-refractivity contribution is -0.135. The van der Waals surface area contributed by atoms with Gasteiger partial charge >= 0.3 is 12.0 Å². The maximum Gasteiger partial charge on any atom is 0.325 e. The second kappa shape index (κ2) is 6.58. The van der Waals surface area contributed by atoms with Crippen molar-refractivity contribution in [3.63, 3.8) is 0 Å². The number of hydrogen-bond donors (Lipinski definition) is 2. The summed E-state index contributed by atoms with van der Waals surface area (Å²) in [6, 6.07) is 6.92. The predicted octanol–water partition coefficient (Wildman–Crippen LogP) is 1.43. The molecule has 1 aliphatic heterocycles. The van der Waals surface area contributed by atoms with Crippen LogP contribution in [0.1, 0.15) is 18.4 Å². The number of urea groups is 1. The van der Waals surface area contributed by atoms with Crippen molar-refractivity contribution in [3.05, 3.63) is 29.8 Å². The quantitative estimate of drug-likeness (QED) is 0.882. The topological polar surface area (TPSA) is 86.9 Å². The Bertz CT molecular complexity index is 515. The number of carboxylic acid groups (broad SMARTS) is 1. The molecule has 1 saturated heterocycles. The molecule has 1 aliphatic rings. The minimum Gasteiger partial charge on any atom is -0.480 e. The average Bonchev–Trinajstić information content (AvgIpc) is 2.45. The normalized spacial score (nSPS) is 18.4. The van der Waals surface area contributed by atoms with Crippen LogP contribution in [0.3, 0.4) is 0 Å². The van der Waals surface area contributed by atoms with E-state index >= 15 is 0 Å². The molecule has 6 nitrogen and oxygen atoms in total. The molecular weight excluding hydrogens is 270 g/mol. The van der Waals surface area contributed by atoms with E-state index in [1.54, 1.807) is 17.0 Å². The van der Waals surface area contributed by atoms with Gasteiger partial charge in [0.05, 0.1) is 0 Å². The smallest absolute Gasteiger partial charge is 0.325 e. The van der Waals surface area contributed by atoms with Gasteiger partial charge < -0.3 is 15.7 Å². The molecule has 0 radical (unpaired) electrons. The van der Waals surface area contributed by atoms with Crippen molar-refractivity contribution in [1.29, 1.82) is 0 Å². The first-order valence-electron chi connectivity index (χ1n) is 7.08. The van der Waals surface area contributed by atoms with E-state index in [1.807, 2.05) is 19.1 Å². The molecule has 1 unspecified atom stereocenters. The van der Waals surface area contributed by atoms with Crippen LogP contribution in [0.5, 0.6) is 0 Å². The first kappa shape index (κ1) is 15.3. The number of nitrogens with two attached hydrogens (primary N) is 1. The second-order valence-corrected chi connectivity index (χ2v) is 5.45.